The number of hydrogen-bond acceptors (Lipinski definition) is 4. The maximum Gasteiger partial charge on any atom is 0.251 e. The van der Waals surface area contributed by atoms with E-state index < -0.39 is 10.0 Å². The van der Waals surface area contributed by atoms with Gasteiger partial charge in [0.05, 0.1) is 15.1 Å². The minimum absolute atomic E-state index is 0.264. The Morgan fingerprint density at radius 3 is 2.56 bits per heavy atom. The van der Waals surface area contributed by atoms with Crippen molar-refractivity contribution >= 4 is 37.5 Å². The molecule has 6 nitrogen and oxygen atoms in total. The van der Waals surface area contributed by atoms with E-state index in [1.165, 1.54) is 27.8 Å². The third-order valence-corrected chi connectivity index (χ3v) is 8.58. The Hall–Kier alpha value is -2.62. The van der Waals surface area contributed by atoms with Gasteiger partial charge in [0, 0.05) is 25.6 Å². The molecule has 1 aromatic heterocycles. The summed E-state index contributed by atoms with van der Waals surface area (Å²) in [6.07, 6.45) is 2.52. The Bertz CT molecular complexity index is 1330. The molecule has 4 rings (SSSR count). The Morgan fingerprint density at radius 1 is 1.22 bits per heavy atom. The summed E-state index contributed by atoms with van der Waals surface area (Å²) in [4.78, 5) is 18.0. The average molecular weight is 474 g/mol. The first kappa shape index (κ1) is 22.6. The van der Waals surface area contributed by atoms with Crippen molar-refractivity contribution in [3.8, 4) is 0 Å². The van der Waals surface area contributed by atoms with Crippen LogP contribution < -0.4 is 4.80 Å². The number of nitrogens with zero attached hydrogens (tertiary/aromatic N) is 3. The number of rotatable bonds is 5. The SMILES string of the molecule is C=CCn1c(=NC(=O)C2CCN(S(=O)(=O)c3ccc(C)cc3)CC2)sc2cc(F)ccc21. The van der Waals surface area contributed by atoms with Gasteiger partial charge in [-0.1, -0.05) is 35.1 Å². The van der Waals surface area contributed by atoms with Crippen LogP contribution in [0.3, 0.4) is 0 Å². The first-order chi connectivity index (χ1) is 15.3. The van der Waals surface area contributed by atoms with Gasteiger partial charge < -0.3 is 4.57 Å². The Labute approximate surface area is 190 Å². The van der Waals surface area contributed by atoms with Gasteiger partial charge in [-0.3, -0.25) is 4.79 Å². The first-order valence-electron chi connectivity index (χ1n) is 10.3. The predicted molar refractivity (Wildman–Crippen MR) is 123 cm³/mol. The molecule has 9 heteroatoms. The van der Waals surface area contributed by atoms with Crippen molar-refractivity contribution < 1.29 is 17.6 Å². The molecule has 32 heavy (non-hydrogen) atoms. The Balaban J connectivity index is 1.53. The van der Waals surface area contributed by atoms with Crippen LogP contribution in [0.5, 0.6) is 0 Å². The molecular formula is C23H24FN3O3S2. The second kappa shape index (κ2) is 9.09. The van der Waals surface area contributed by atoms with Gasteiger partial charge in [-0.25, -0.2) is 12.8 Å². The van der Waals surface area contributed by atoms with Crippen molar-refractivity contribution in [2.45, 2.75) is 31.2 Å². The first-order valence-corrected chi connectivity index (χ1v) is 12.6. The summed E-state index contributed by atoms with van der Waals surface area (Å²) in [5.41, 5.74) is 1.79. The van der Waals surface area contributed by atoms with Crippen LogP contribution in [-0.4, -0.2) is 36.3 Å². The molecule has 1 saturated heterocycles. The summed E-state index contributed by atoms with van der Waals surface area (Å²) in [7, 11) is -3.58. The van der Waals surface area contributed by atoms with Gasteiger partial charge >= 0.3 is 0 Å². The number of thiazole rings is 1. The zero-order valence-corrected chi connectivity index (χ0v) is 19.3. The molecule has 0 aliphatic carbocycles. The van der Waals surface area contributed by atoms with Crippen LogP contribution in [0.15, 0.2) is 65.0 Å². The van der Waals surface area contributed by atoms with E-state index >= 15 is 0 Å². The molecule has 2 aromatic carbocycles. The van der Waals surface area contributed by atoms with Crippen molar-refractivity contribution in [2.24, 2.45) is 10.9 Å². The van der Waals surface area contributed by atoms with Crippen molar-refractivity contribution in [3.63, 3.8) is 0 Å². The summed E-state index contributed by atoms with van der Waals surface area (Å²) in [6.45, 7) is 6.65. The molecule has 0 radical (unpaired) electrons. The number of piperidine rings is 1. The number of allylic oxidation sites excluding steroid dienone is 1. The molecule has 168 valence electrons. The van der Waals surface area contributed by atoms with Crippen LogP contribution >= 0.6 is 11.3 Å². The fraction of sp³-hybridized carbons (Fsp3) is 0.304. The lowest BCUT2D eigenvalue weighted by Gasteiger charge is -2.29. The van der Waals surface area contributed by atoms with E-state index in [4.69, 9.17) is 0 Å². The van der Waals surface area contributed by atoms with Gasteiger partial charge in [-0.05, 0) is 50.1 Å². The number of hydrogen-bond donors (Lipinski definition) is 0. The molecule has 3 aromatic rings. The summed E-state index contributed by atoms with van der Waals surface area (Å²) >= 11 is 1.25. The lowest BCUT2D eigenvalue weighted by molar-refractivity contribution is -0.122. The van der Waals surface area contributed by atoms with Gasteiger partial charge in [-0.15, -0.1) is 6.58 Å². The number of carbonyl (C=O) groups is 1. The summed E-state index contributed by atoms with van der Waals surface area (Å²) in [6, 6.07) is 11.2. The maximum absolute atomic E-state index is 13.6. The van der Waals surface area contributed by atoms with Crippen LogP contribution in [0.25, 0.3) is 10.2 Å². The van der Waals surface area contributed by atoms with Gasteiger partial charge in [0.25, 0.3) is 5.91 Å². The maximum atomic E-state index is 13.6. The quantitative estimate of drug-likeness (QED) is 0.528. The van der Waals surface area contributed by atoms with Gasteiger partial charge in [0.1, 0.15) is 5.82 Å². The number of sulfonamides is 1. The Kier molecular flexibility index (Phi) is 6.41. The third kappa shape index (κ3) is 4.46. The fourth-order valence-corrected chi connectivity index (χ4v) is 6.37. The van der Waals surface area contributed by atoms with Gasteiger partial charge in [0.2, 0.25) is 10.0 Å². The highest BCUT2D eigenvalue weighted by Gasteiger charge is 2.32. The van der Waals surface area contributed by atoms with Crippen molar-refractivity contribution in [2.75, 3.05) is 13.1 Å². The minimum atomic E-state index is -3.58. The van der Waals surface area contributed by atoms with E-state index in [2.05, 4.69) is 11.6 Å². The molecule has 1 aliphatic rings. The number of amides is 1. The van der Waals surface area contributed by atoms with Crippen molar-refractivity contribution in [1.29, 1.82) is 0 Å². The normalized spacial score (nSPS) is 16.5. The highest BCUT2D eigenvalue weighted by Crippen LogP contribution is 2.25. The van der Waals surface area contributed by atoms with Crippen molar-refractivity contribution in [3.05, 3.63) is 71.3 Å². The van der Waals surface area contributed by atoms with Crippen molar-refractivity contribution in [1.82, 2.24) is 8.87 Å². The Morgan fingerprint density at radius 2 is 1.91 bits per heavy atom. The number of aromatic nitrogens is 1. The number of aryl methyl sites for hydroxylation is 1. The van der Waals surface area contributed by atoms with Gasteiger partial charge in [0.15, 0.2) is 4.80 Å². The predicted octanol–water partition coefficient (Wildman–Crippen LogP) is 3.86. The molecule has 2 heterocycles. The molecule has 0 bridgehead atoms. The molecule has 1 fully saturated rings. The monoisotopic (exact) mass is 473 g/mol. The second-order valence-electron chi connectivity index (χ2n) is 7.84. The van der Waals surface area contributed by atoms with Crippen LogP contribution in [0.2, 0.25) is 0 Å². The zero-order chi connectivity index (χ0) is 22.9. The molecule has 0 unspecified atom stereocenters. The third-order valence-electron chi connectivity index (χ3n) is 5.62. The molecule has 0 N–H and O–H groups in total. The molecule has 0 saturated carbocycles. The van der Waals surface area contributed by atoms with E-state index in [9.17, 15) is 17.6 Å². The van der Waals surface area contributed by atoms with E-state index in [-0.39, 0.29) is 35.6 Å². The molecular weight excluding hydrogens is 449 g/mol. The standard InChI is InChI=1S/C23H24FN3O3S2/c1-3-12-27-20-9-6-18(24)15-21(20)31-23(27)25-22(28)17-10-13-26(14-11-17)32(29,30)19-7-4-16(2)5-8-19/h3-9,15,17H,1,10-14H2,2H3. The largest absolute Gasteiger partial charge is 0.313 e. The topological polar surface area (TPSA) is 71.7 Å². The van der Waals surface area contributed by atoms with E-state index in [0.717, 1.165) is 11.1 Å². The van der Waals surface area contributed by atoms with E-state index in [0.29, 0.717) is 28.9 Å². The number of benzene rings is 2. The lowest BCUT2D eigenvalue weighted by atomic mass is 9.98. The summed E-state index contributed by atoms with van der Waals surface area (Å²) in [5.74, 6) is -0.967. The minimum Gasteiger partial charge on any atom is -0.313 e. The van der Waals surface area contributed by atoms with Crippen LogP contribution in [0, 0.1) is 18.7 Å². The molecule has 1 amide bonds. The average Bonchev–Trinajstić information content (AvgIpc) is 3.10. The highest BCUT2D eigenvalue weighted by atomic mass is 32.2. The fourth-order valence-electron chi connectivity index (χ4n) is 3.83. The number of fused-ring (bicyclic) bond motifs is 1. The van der Waals surface area contributed by atoms with Gasteiger partial charge in [-0.2, -0.15) is 9.30 Å². The molecule has 1 aliphatic heterocycles. The van der Waals surface area contributed by atoms with Crippen LogP contribution in [-0.2, 0) is 21.4 Å². The summed E-state index contributed by atoms with van der Waals surface area (Å²) in [5, 5.41) is 0. The molecule has 0 spiro atoms. The van der Waals surface area contributed by atoms with E-state index in [1.54, 1.807) is 36.4 Å². The molecule has 0 atom stereocenters. The van der Waals surface area contributed by atoms with Crippen LogP contribution in [0.1, 0.15) is 18.4 Å². The smallest absolute Gasteiger partial charge is 0.251 e. The lowest BCUT2D eigenvalue weighted by Crippen LogP contribution is -2.40. The summed E-state index contributed by atoms with van der Waals surface area (Å²) < 4.78 is 43.4. The second-order valence-corrected chi connectivity index (χ2v) is 10.8. The highest BCUT2D eigenvalue weighted by molar-refractivity contribution is 7.89. The number of halogens is 1. The van der Waals surface area contributed by atoms with Crippen LogP contribution in [0.4, 0.5) is 4.39 Å². The zero-order valence-electron chi connectivity index (χ0n) is 17.7. The number of carbonyl (C=O) groups excluding carboxylic acids is 1. The van der Waals surface area contributed by atoms with E-state index in [1.807, 2.05) is 11.5 Å².